The Balaban J connectivity index is 1.62. The molecule has 0 radical (unpaired) electrons. The zero-order valence-electron chi connectivity index (χ0n) is 12.5. The first kappa shape index (κ1) is 14.7. The first-order valence-electron chi connectivity index (χ1n) is 7.25. The molecule has 8 nitrogen and oxygen atoms in total. The third kappa shape index (κ3) is 3.18. The van der Waals surface area contributed by atoms with Crippen LogP contribution in [0.2, 0.25) is 0 Å². The van der Waals surface area contributed by atoms with Gasteiger partial charge in [-0.05, 0) is 12.1 Å². The summed E-state index contributed by atoms with van der Waals surface area (Å²) in [6.07, 6.45) is 0.847. The SMILES string of the molecule is COCc1ccc(C(=O)NCc2nnc3n2CCNCC3)o1. The van der Waals surface area contributed by atoms with Gasteiger partial charge in [0, 0.05) is 33.2 Å². The van der Waals surface area contributed by atoms with Gasteiger partial charge in [0.05, 0.1) is 6.54 Å². The van der Waals surface area contributed by atoms with E-state index in [2.05, 4.69) is 25.4 Å². The summed E-state index contributed by atoms with van der Waals surface area (Å²) >= 11 is 0. The maximum Gasteiger partial charge on any atom is 0.287 e. The van der Waals surface area contributed by atoms with E-state index in [4.69, 9.17) is 9.15 Å². The number of carbonyl (C=O) groups is 1. The summed E-state index contributed by atoms with van der Waals surface area (Å²) in [5.41, 5.74) is 0. The van der Waals surface area contributed by atoms with E-state index in [1.807, 2.05) is 0 Å². The van der Waals surface area contributed by atoms with Crippen LogP contribution in [0.25, 0.3) is 0 Å². The van der Waals surface area contributed by atoms with Crippen molar-refractivity contribution in [2.45, 2.75) is 26.1 Å². The van der Waals surface area contributed by atoms with Gasteiger partial charge in [-0.3, -0.25) is 4.79 Å². The average Bonchev–Trinajstić information content (AvgIpc) is 3.07. The molecule has 3 rings (SSSR count). The third-order valence-electron chi connectivity index (χ3n) is 3.52. The molecule has 1 aliphatic heterocycles. The Morgan fingerprint density at radius 3 is 3.23 bits per heavy atom. The van der Waals surface area contributed by atoms with Crippen LogP contribution >= 0.6 is 0 Å². The molecule has 1 aliphatic rings. The van der Waals surface area contributed by atoms with Gasteiger partial charge in [0.15, 0.2) is 11.6 Å². The highest BCUT2D eigenvalue weighted by molar-refractivity contribution is 5.91. The minimum atomic E-state index is -0.272. The van der Waals surface area contributed by atoms with Gasteiger partial charge in [0.25, 0.3) is 5.91 Å². The van der Waals surface area contributed by atoms with E-state index < -0.39 is 0 Å². The Kier molecular flexibility index (Phi) is 4.50. The number of hydrogen-bond donors (Lipinski definition) is 2. The zero-order chi connectivity index (χ0) is 15.4. The minimum absolute atomic E-state index is 0.268. The number of hydrogen-bond acceptors (Lipinski definition) is 6. The fourth-order valence-electron chi connectivity index (χ4n) is 2.43. The second-order valence-electron chi connectivity index (χ2n) is 5.07. The standard InChI is InChI=1S/C14H19N5O3/c1-21-9-10-2-3-11(22-10)14(20)16-8-13-18-17-12-4-5-15-6-7-19(12)13/h2-3,15H,4-9H2,1H3,(H,16,20). The predicted molar refractivity (Wildman–Crippen MR) is 77.2 cm³/mol. The number of ether oxygens (including phenoxy) is 1. The lowest BCUT2D eigenvalue weighted by molar-refractivity contribution is 0.0913. The second kappa shape index (κ2) is 6.71. The maximum absolute atomic E-state index is 12.1. The van der Waals surface area contributed by atoms with Gasteiger partial charge in [-0.2, -0.15) is 0 Å². The van der Waals surface area contributed by atoms with E-state index in [1.165, 1.54) is 0 Å². The van der Waals surface area contributed by atoms with E-state index in [0.717, 1.165) is 37.7 Å². The number of furan rings is 1. The van der Waals surface area contributed by atoms with Crippen LogP contribution in [-0.4, -0.2) is 40.9 Å². The van der Waals surface area contributed by atoms with Crippen LogP contribution in [0.15, 0.2) is 16.5 Å². The highest BCUT2D eigenvalue weighted by Crippen LogP contribution is 2.10. The van der Waals surface area contributed by atoms with Crippen LogP contribution in [0, 0.1) is 0 Å². The van der Waals surface area contributed by atoms with Crippen molar-refractivity contribution in [2.24, 2.45) is 0 Å². The van der Waals surface area contributed by atoms with Crippen LogP contribution in [0.3, 0.4) is 0 Å². The summed E-state index contributed by atoms with van der Waals surface area (Å²) in [6, 6.07) is 3.37. The second-order valence-corrected chi connectivity index (χ2v) is 5.07. The number of aromatic nitrogens is 3. The van der Waals surface area contributed by atoms with Crippen molar-refractivity contribution in [2.75, 3.05) is 20.2 Å². The summed E-state index contributed by atoms with van der Waals surface area (Å²) in [6.45, 7) is 3.26. The Morgan fingerprint density at radius 2 is 2.36 bits per heavy atom. The molecule has 0 unspecified atom stereocenters. The predicted octanol–water partition coefficient (Wildman–Crippen LogP) is 0.0932. The highest BCUT2D eigenvalue weighted by atomic mass is 16.5. The number of nitrogens with zero attached hydrogens (tertiary/aromatic N) is 3. The molecule has 2 aromatic rings. The molecule has 2 aromatic heterocycles. The van der Waals surface area contributed by atoms with Gasteiger partial charge < -0.3 is 24.4 Å². The molecule has 0 spiro atoms. The fourth-order valence-corrected chi connectivity index (χ4v) is 2.43. The first-order chi connectivity index (χ1) is 10.8. The minimum Gasteiger partial charge on any atom is -0.453 e. The molecule has 0 fully saturated rings. The normalized spacial score (nSPS) is 14.4. The molecule has 8 heteroatoms. The molecule has 1 amide bonds. The molecule has 0 aromatic carbocycles. The number of fused-ring (bicyclic) bond motifs is 1. The lowest BCUT2D eigenvalue weighted by Gasteiger charge is -2.07. The molecular weight excluding hydrogens is 286 g/mol. The monoisotopic (exact) mass is 305 g/mol. The van der Waals surface area contributed by atoms with Crippen molar-refractivity contribution in [3.63, 3.8) is 0 Å². The number of methoxy groups -OCH3 is 1. The largest absolute Gasteiger partial charge is 0.453 e. The van der Waals surface area contributed by atoms with Gasteiger partial charge in [0.1, 0.15) is 18.2 Å². The number of carbonyl (C=O) groups excluding carboxylic acids is 1. The van der Waals surface area contributed by atoms with Gasteiger partial charge in [-0.1, -0.05) is 0 Å². The Labute approximate surface area is 127 Å². The Hall–Kier alpha value is -2.19. The fraction of sp³-hybridized carbons (Fsp3) is 0.500. The van der Waals surface area contributed by atoms with Gasteiger partial charge in [0.2, 0.25) is 0 Å². The van der Waals surface area contributed by atoms with Crippen LogP contribution in [0.4, 0.5) is 0 Å². The van der Waals surface area contributed by atoms with Crippen molar-refractivity contribution >= 4 is 5.91 Å². The molecule has 0 saturated carbocycles. The summed E-state index contributed by atoms with van der Waals surface area (Å²) in [5.74, 6) is 2.33. The number of rotatable bonds is 5. The molecule has 3 heterocycles. The van der Waals surface area contributed by atoms with Gasteiger partial charge >= 0.3 is 0 Å². The zero-order valence-corrected chi connectivity index (χ0v) is 12.5. The first-order valence-corrected chi connectivity index (χ1v) is 7.25. The Morgan fingerprint density at radius 1 is 1.45 bits per heavy atom. The topological polar surface area (TPSA) is 94.2 Å². The summed E-state index contributed by atoms with van der Waals surface area (Å²) < 4.78 is 12.4. The van der Waals surface area contributed by atoms with E-state index in [-0.39, 0.29) is 11.7 Å². The smallest absolute Gasteiger partial charge is 0.287 e. The lowest BCUT2D eigenvalue weighted by Crippen LogP contribution is -2.25. The van der Waals surface area contributed by atoms with Crippen LogP contribution in [-0.2, 0) is 30.9 Å². The maximum atomic E-state index is 12.1. The molecule has 2 N–H and O–H groups in total. The summed E-state index contributed by atoms with van der Waals surface area (Å²) in [7, 11) is 1.58. The van der Waals surface area contributed by atoms with E-state index in [0.29, 0.717) is 18.9 Å². The van der Waals surface area contributed by atoms with Crippen molar-refractivity contribution in [1.82, 2.24) is 25.4 Å². The molecular formula is C14H19N5O3. The lowest BCUT2D eigenvalue weighted by atomic mass is 10.4. The van der Waals surface area contributed by atoms with Gasteiger partial charge in [-0.15, -0.1) is 10.2 Å². The molecule has 0 bridgehead atoms. The Bertz CT molecular complexity index is 649. The van der Waals surface area contributed by atoms with Gasteiger partial charge in [-0.25, -0.2) is 0 Å². The van der Waals surface area contributed by atoms with Crippen LogP contribution in [0.5, 0.6) is 0 Å². The molecule has 22 heavy (non-hydrogen) atoms. The average molecular weight is 305 g/mol. The molecule has 0 aliphatic carbocycles. The van der Waals surface area contributed by atoms with Crippen LogP contribution < -0.4 is 10.6 Å². The molecule has 118 valence electrons. The van der Waals surface area contributed by atoms with E-state index >= 15 is 0 Å². The van der Waals surface area contributed by atoms with Crippen molar-refractivity contribution in [1.29, 1.82) is 0 Å². The third-order valence-corrected chi connectivity index (χ3v) is 3.52. The van der Waals surface area contributed by atoms with E-state index in [9.17, 15) is 4.79 Å². The number of amides is 1. The summed E-state index contributed by atoms with van der Waals surface area (Å²) in [5, 5.41) is 14.5. The van der Waals surface area contributed by atoms with Crippen molar-refractivity contribution < 1.29 is 13.9 Å². The number of nitrogens with one attached hydrogen (secondary N) is 2. The van der Waals surface area contributed by atoms with Crippen LogP contribution in [0.1, 0.15) is 28.0 Å². The highest BCUT2D eigenvalue weighted by Gasteiger charge is 2.16. The van der Waals surface area contributed by atoms with E-state index in [1.54, 1.807) is 19.2 Å². The van der Waals surface area contributed by atoms with Crippen molar-refractivity contribution in [3.8, 4) is 0 Å². The van der Waals surface area contributed by atoms with Crippen molar-refractivity contribution in [3.05, 3.63) is 35.3 Å². The summed E-state index contributed by atoms with van der Waals surface area (Å²) in [4.78, 5) is 12.1. The molecule has 0 saturated heterocycles. The quantitative estimate of drug-likeness (QED) is 0.813. The molecule has 0 atom stereocenters.